The molecule has 1 saturated heterocycles. The van der Waals surface area contributed by atoms with Crippen molar-refractivity contribution in [1.29, 1.82) is 0 Å². The molecule has 2 nitrogen and oxygen atoms in total. The molecule has 1 unspecified atom stereocenters. The molecule has 2 aromatic rings. The van der Waals surface area contributed by atoms with Gasteiger partial charge in [0.1, 0.15) is 5.82 Å². The van der Waals surface area contributed by atoms with Crippen molar-refractivity contribution < 1.29 is 22.4 Å². The summed E-state index contributed by atoms with van der Waals surface area (Å²) in [4.78, 5) is 14.2. The predicted octanol–water partition coefficient (Wildman–Crippen LogP) is 4.75. The Kier molecular flexibility index (Phi) is 4.79. The van der Waals surface area contributed by atoms with Crippen molar-refractivity contribution in [3.63, 3.8) is 0 Å². The van der Waals surface area contributed by atoms with Gasteiger partial charge in [-0.05, 0) is 36.6 Å². The van der Waals surface area contributed by atoms with Crippen molar-refractivity contribution in [2.24, 2.45) is 0 Å². The molecular formula is C19H17F4NO. The molecule has 3 rings (SSSR count). The SMILES string of the molecule is O=C(Cc1ccc(C(F)(F)F)cc1)N1CCCC1c1ccccc1F. The van der Waals surface area contributed by atoms with Crippen LogP contribution in [0.2, 0.25) is 0 Å². The third-order valence-corrected chi connectivity index (χ3v) is 4.47. The predicted molar refractivity (Wildman–Crippen MR) is 85.2 cm³/mol. The van der Waals surface area contributed by atoms with Gasteiger partial charge in [0.15, 0.2) is 0 Å². The third kappa shape index (κ3) is 3.83. The summed E-state index contributed by atoms with van der Waals surface area (Å²) in [7, 11) is 0. The molecule has 1 heterocycles. The van der Waals surface area contributed by atoms with E-state index in [1.165, 1.54) is 18.2 Å². The highest BCUT2D eigenvalue weighted by atomic mass is 19.4. The number of carbonyl (C=O) groups excluding carboxylic acids is 1. The molecule has 0 bridgehead atoms. The highest BCUT2D eigenvalue weighted by Gasteiger charge is 2.32. The standard InChI is InChI=1S/C19H17F4NO/c20-16-5-2-1-4-15(16)17-6-3-11-24(17)18(25)12-13-7-9-14(10-8-13)19(21,22)23/h1-2,4-5,7-10,17H,3,6,11-12H2. The minimum Gasteiger partial charge on any atom is -0.335 e. The van der Waals surface area contributed by atoms with Crippen LogP contribution in [0, 0.1) is 5.82 Å². The molecule has 0 spiro atoms. The van der Waals surface area contributed by atoms with Crippen molar-refractivity contribution in [3.8, 4) is 0 Å². The first-order chi connectivity index (χ1) is 11.9. The number of alkyl halides is 3. The molecule has 2 aromatic carbocycles. The van der Waals surface area contributed by atoms with Crippen LogP contribution in [-0.4, -0.2) is 17.4 Å². The zero-order valence-corrected chi connectivity index (χ0v) is 13.4. The topological polar surface area (TPSA) is 20.3 Å². The van der Waals surface area contributed by atoms with Crippen molar-refractivity contribution in [2.45, 2.75) is 31.5 Å². The van der Waals surface area contributed by atoms with Gasteiger partial charge in [0.2, 0.25) is 5.91 Å². The first kappa shape index (κ1) is 17.5. The number of hydrogen-bond donors (Lipinski definition) is 0. The van der Waals surface area contributed by atoms with Crippen LogP contribution in [0.25, 0.3) is 0 Å². The van der Waals surface area contributed by atoms with Crippen molar-refractivity contribution in [2.75, 3.05) is 6.54 Å². The van der Waals surface area contributed by atoms with E-state index < -0.39 is 11.7 Å². The van der Waals surface area contributed by atoms with E-state index in [2.05, 4.69) is 0 Å². The fraction of sp³-hybridized carbons (Fsp3) is 0.316. The number of halogens is 4. The fourth-order valence-corrected chi connectivity index (χ4v) is 3.22. The molecule has 6 heteroatoms. The van der Waals surface area contributed by atoms with E-state index >= 15 is 0 Å². The van der Waals surface area contributed by atoms with E-state index in [4.69, 9.17) is 0 Å². The van der Waals surface area contributed by atoms with Crippen LogP contribution >= 0.6 is 0 Å². The monoisotopic (exact) mass is 351 g/mol. The van der Waals surface area contributed by atoms with Crippen molar-refractivity contribution in [1.82, 2.24) is 4.90 Å². The largest absolute Gasteiger partial charge is 0.416 e. The van der Waals surface area contributed by atoms with Crippen LogP contribution in [0.15, 0.2) is 48.5 Å². The Labute approximate surface area is 143 Å². The Bertz CT molecular complexity index is 755. The molecule has 1 aliphatic rings. The van der Waals surface area contributed by atoms with Crippen LogP contribution in [0.4, 0.5) is 17.6 Å². The van der Waals surface area contributed by atoms with Crippen molar-refractivity contribution in [3.05, 3.63) is 71.0 Å². The molecule has 1 amide bonds. The van der Waals surface area contributed by atoms with Crippen molar-refractivity contribution >= 4 is 5.91 Å². The Balaban J connectivity index is 1.73. The summed E-state index contributed by atoms with van der Waals surface area (Å²) in [6, 6.07) is 10.6. The number of rotatable bonds is 3. The molecule has 0 saturated carbocycles. The van der Waals surface area contributed by atoms with E-state index in [9.17, 15) is 22.4 Å². The normalized spacial score (nSPS) is 17.8. The fourth-order valence-electron chi connectivity index (χ4n) is 3.22. The van der Waals surface area contributed by atoms with Crippen LogP contribution in [0.1, 0.15) is 35.6 Å². The number of nitrogens with zero attached hydrogens (tertiary/aromatic N) is 1. The summed E-state index contributed by atoms with van der Waals surface area (Å²) < 4.78 is 51.8. The van der Waals surface area contributed by atoms with Gasteiger partial charge in [-0.25, -0.2) is 4.39 Å². The second kappa shape index (κ2) is 6.86. The van der Waals surface area contributed by atoms with E-state index in [-0.39, 0.29) is 24.2 Å². The highest BCUT2D eigenvalue weighted by molar-refractivity contribution is 5.79. The van der Waals surface area contributed by atoms with Gasteiger partial charge in [-0.2, -0.15) is 13.2 Å². The molecule has 1 aliphatic heterocycles. The van der Waals surface area contributed by atoms with E-state index in [0.29, 0.717) is 24.1 Å². The lowest BCUT2D eigenvalue weighted by Crippen LogP contribution is -2.32. The lowest BCUT2D eigenvalue weighted by Gasteiger charge is -2.25. The number of hydrogen-bond acceptors (Lipinski definition) is 1. The summed E-state index contributed by atoms with van der Waals surface area (Å²) in [5, 5.41) is 0. The minimum atomic E-state index is -4.40. The molecule has 0 N–H and O–H groups in total. The quantitative estimate of drug-likeness (QED) is 0.731. The average Bonchev–Trinajstić information content (AvgIpc) is 3.04. The van der Waals surface area contributed by atoms with Gasteiger partial charge < -0.3 is 4.90 Å². The molecule has 0 aromatic heterocycles. The molecule has 0 radical (unpaired) electrons. The Hall–Kier alpha value is -2.37. The average molecular weight is 351 g/mol. The lowest BCUT2D eigenvalue weighted by molar-refractivity contribution is -0.137. The van der Waals surface area contributed by atoms with Gasteiger partial charge in [-0.15, -0.1) is 0 Å². The van der Waals surface area contributed by atoms with Gasteiger partial charge in [-0.1, -0.05) is 30.3 Å². The summed E-state index contributed by atoms with van der Waals surface area (Å²) in [5.74, 6) is -0.549. The third-order valence-electron chi connectivity index (χ3n) is 4.47. The van der Waals surface area contributed by atoms with Gasteiger partial charge in [0, 0.05) is 12.1 Å². The summed E-state index contributed by atoms with van der Waals surface area (Å²) in [5.41, 5.74) is 0.257. The van der Waals surface area contributed by atoms with Crippen LogP contribution in [0.3, 0.4) is 0 Å². The van der Waals surface area contributed by atoms with E-state index in [0.717, 1.165) is 18.6 Å². The van der Waals surface area contributed by atoms with Gasteiger partial charge in [0.25, 0.3) is 0 Å². The van der Waals surface area contributed by atoms with E-state index in [1.54, 1.807) is 23.1 Å². The Morgan fingerprint density at radius 3 is 2.40 bits per heavy atom. The summed E-state index contributed by atoms with van der Waals surface area (Å²) >= 11 is 0. The maximum absolute atomic E-state index is 14.0. The number of carbonyl (C=O) groups is 1. The van der Waals surface area contributed by atoms with Crippen LogP contribution in [0.5, 0.6) is 0 Å². The molecular weight excluding hydrogens is 334 g/mol. The maximum atomic E-state index is 14.0. The first-order valence-electron chi connectivity index (χ1n) is 8.06. The van der Waals surface area contributed by atoms with Crippen LogP contribution < -0.4 is 0 Å². The zero-order valence-electron chi connectivity index (χ0n) is 13.4. The number of amides is 1. The van der Waals surface area contributed by atoms with Gasteiger partial charge >= 0.3 is 6.18 Å². The second-order valence-electron chi connectivity index (χ2n) is 6.14. The van der Waals surface area contributed by atoms with Crippen LogP contribution in [-0.2, 0) is 17.4 Å². The summed E-state index contributed by atoms with van der Waals surface area (Å²) in [6.07, 6.45) is -2.94. The maximum Gasteiger partial charge on any atom is 0.416 e. The Morgan fingerprint density at radius 1 is 1.08 bits per heavy atom. The van der Waals surface area contributed by atoms with Gasteiger partial charge in [-0.3, -0.25) is 4.79 Å². The molecule has 132 valence electrons. The molecule has 0 aliphatic carbocycles. The zero-order chi connectivity index (χ0) is 18.0. The number of benzene rings is 2. The van der Waals surface area contributed by atoms with Gasteiger partial charge in [0.05, 0.1) is 18.0 Å². The van der Waals surface area contributed by atoms with E-state index in [1.807, 2.05) is 0 Å². The Morgan fingerprint density at radius 2 is 1.76 bits per heavy atom. The molecule has 25 heavy (non-hydrogen) atoms. The highest BCUT2D eigenvalue weighted by Crippen LogP contribution is 2.34. The first-order valence-corrected chi connectivity index (χ1v) is 8.06. The minimum absolute atomic E-state index is 0.00307. The molecule has 1 atom stereocenters. The molecule has 1 fully saturated rings. The smallest absolute Gasteiger partial charge is 0.335 e. The second-order valence-corrected chi connectivity index (χ2v) is 6.14. The summed E-state index contributed by atoms with van der Waals surface area (Å²) in [6.45, 7) is 0.526. The number of likely N-dealkylation sites (tertiary alicyclic amines) is 1. The lowest BCUT2D eigenvalue weighted by atomic mass is 10.0.